The number of carbonyl (C=O) groups is 1. The number of benzene rings is 2. The zero-order chi connectivity index (χ0) is 22.9. The van der Waals surface area contributed by atoms with Crippen molar-refractivity contribution in [2.75, 3.05) is 14.1 Å². The number of nitrogens with zero attached hydrogens (tertiary/aromatic N) is 4. The highest BCUT2D eigenvalue weighted by Gasteiger charge is 2.21. The van der Waals surface area contributed by atoms with Gasteiger partial charge in [0.15, 0.2) is 0 Å². The maximum atomic E-state index is 12.4. The second-order valence-corrected chi connectivity index (χ2v) is 9.20. The molecule has 2 aromatic carbocycles. The van der Waals surface area contributed by atoms with Crippen LogP contribution in [0.25, 0.3) is 11.0 Å². The van der Waals surface area contributed by atoms with Gasteiger partial charge in [0, 0.05) is 32.3 Å². The summed E-state index contributed by atoms with van der Waals surface area (Å²) in [6, 6.07) is 8.78. The van der Waals surface area contributed by atoms with Crippen LogP contribution in [0, 0.1) is 17.0 Å². The Kier molecular flexibility index (Phi) is 6.09. The van der Waals surface area contributed by atoms with Crippen molar-refractivity contribution in [2.45, 2.75) is 31.9 Å². The fourth-order valence-electron chi connectivity index (χ4n) is 3.14. The Hall–Kier alpha value is -3.31. The number of ether oxygens (including phenoxy) is 1. The summed E-state index contributed by atoms with van der Waals surface area (Å²) in [5.41, 5.74) is 1.51. The van der Waals surface area contributed by atoms with Crippen molar-refractivity contribution < 1.29 is 22.9 Å². The molecule has 0 unspecified atom stereocenters. The molecule has 11 heteroatoms. The van der Waals surface area contributed by atoms with Crippen LogP contribution in [-0.2, 0) is 27.9 Å². The average molecular weight is 446 g/mol. The van der Waals surface area contributed by atoms with Gasteiger partial charge in [0.05, 0.1) is 26.4 Å². The van der Waals surface area contributed by atoms with E-state index in [0.29, 0.717) is 29.0 Å². The largest absolute Gasteiger partial charge is 0.454 e. The van der Waals surface area contributed by atoms with E-state index in [9.17, 15) is 23.3 Å². The summed E-state index contributed by atoms with van der Waals surface area (Å²) in [7, 11) is -0.714. The third-order valence-electron chi connectivity index (χ3n) is 4.87. The summed E-state index contributed by atoms with van der Waals surface area (Å²) in [6.07, 6.45) is 0. The minimum atomic E-state index is -3.61. The zero-order valence-corrected chi connectivity index (χ0v) is 18.3. The fraction of sp³-hybridized carbons (Fsp3) is 0.300. The number of aryl methyl sites for hydroxylation is 2. The molecule has 10 nitrogen and oxygen atoms in total. The topological polar surface area (TPSA) is 125 Å². The van der Waals surface area contributed by atoms with Crippen molar-refractivity contribution >= 4 is 32.7 Å². The minimum Gasteiger partial charge on any atom is -0.454 e. The number of fused-ring (bicyclic) bond motifs is 1. The Labute approximate surface area is 179 Å². The van der Waals surface area contributed by atoms with Crippen LogP contribution in [0.5, 0.6) is 0 Å². The van der Waals surface area contributed by atoms with E-state index in [1.165, 1.54) is 44.4 Å². The predicted octanol–water partition coefficient (Wildman–Crippen LogP) is 2.88. The van der Waals surface area contributed by atoms with Crippen LogP contribution in [0.4, 0.5) is 5.69 Å². The van der Waals surface area contributed by atoms with Crippen molar-refractivity contribution in [1.29, 1.82) is 0 Å². The van der Waals surface area contributed by atoms with Gasteiger partial charge in [-0.05, 0) is 38.1 Å². The van der Waals surface area contributed by atoms with E-state index in [-0.39, 0.29) is 22.8 Å². The summed E-state index contributed by atoms with van der Waals surface area (Å²) >= 11 is 0. The molecular weight excluding hydrogens is 424 g/mol. The number of sulfonamides is 1. The first-order valence-corrected chi connectivity index (χ1v) is 10.8. The number of nitro groups is 1. The molecule has 1 heterocycles. The zero-order valence-electron chi connectivity index (χ0n) is 17.5. The Morgan fingerprint density at radius 1 is 1.23 bits per heavy atom. The molecule has 0 atom stereocenters. The Morgan fingerprint density at radius 3 is 2.55 bits per heavy atom. The maximum absolute atomic E-state index is 12.4. The van der Waals surface area contributed by atoms with E-state index < -0.39 is 20.9 Å². The molecule has 0 N–H and O–H groups in total. The highest BCUT2D eigenvalue weighted by molar-refractivity contribution is 7.89. The van der Waals surface area contributed by atoms with Crippen LogP contribution >= 0.6 is 0 Å². The lowest BCUT2D eigenvalue weighted by Gasteiger charge is -2.11. The van der Waals surface area contributed by atoms with Gasteiger partial charge in [-0.15, -0.1) is 0 Å². The fourth-order valence-corrected chi connectivity index (χ4v) is 4.06. The first kappa shape index (κ1) is 22.4. The lowest BCUT2D eigenvalue weighted by molar-refractivity contribution is -0.385. The highest BCUT2D eigenvalue weighted by Crippen LogP contribution is 2.23. The third-order valence-corrected chi connectivity index (χ3v) is 6.68. The van der Waals surface area contributed by atoms with Crippen molar-refractivity contribution in [2.24, 2.45) is 0 Å². The van der Waals surface area contributed by atoms with Gasteiger partial charge in [-0.25, -0.2) is 22.5 Å². The van der Waals surface area contributed by atoms with Crippen LogP contribution in [0.1, 0.15) is 28.7 Å². The molecule has 0 saturated heterocycles. The van der Waals surface area contributed by atoms with Crippen LogP contribution < -0.4 is 0 Å². The summed E-state index contributed by atoms with van der Waals surface area (Å²) in [5.74, 6) is -0.277. The van der Waals surface area contributed by atoms with Crippen molar-refractivity contribution in [3.63, 3.8) is 0 Å². The number of aromatic nitrogens is 2. The molecule has 3 rings (SSSR count). The molecule has 3 aromatic rings. The Morgan fingerprint density at radius 2 is 1.94 bits per heavy atom. The summed E-state index contributed by atoms with van der Waals surface area (Å²) in [5, 5.41) is 11.1. The quantitative estimate of drug-likeness (QED) is 0.310. The monoisotopic (exact) mass is 446 g/mol. The summed E-state index contributed by atoms with van der Waals surface area (Å²) in [4.78, 5) is 27.5. The number of carbonyl (C=O) groups excluding carboxylic acids is 1. The maximum Gasteiger partial charge on any atom is 0.338 e. The molecular formula is C20H22N4O6S. The molecule has 164 valence electrons. The molecule has 0 saturated carbocycles. The van der Waals surface area contributed by atoms with Gasteiger partial charge >= 0.3 is 5.97 Å². The molecule has 0 bridgehead atoms. The lowest BCUT2D eigenvalue weighted by Crippen LogP contribution is -2.22. The van der Waals surface area contributed by atoms with E-state index >= 15 is 0 Å². The van der Waals surface area contributed by atoms with Crippen molar-refractivity contribution in [1.82, 2.24) is 13.9 Å². The molecule has 0 spiro atoms. The van der Waals surface area contributed by atoms with Crippen molar-refractivity contribution in [3.05, 3.63) is 63.5 Å². The molecule has 0 radical (unpaired) electrons. The van der Waals surface area contributed by atoms with E-state index in [0.717, 1.165) is 4.31 Å². The van der Waals surface area contributed by atoms with E-state index in [1.807, 2.05) is 11.5 Å². The van der Waals surface area contributed by atoms with Gasteiger partial charge < -0.3 is 9.30 Å². The lowest BCUT2D eigenvalue weighted by atomic mass is 10.1. The molecule has 31 heavy (non-hydrogen) atoms. The number of nitro benzene ring substituents is 1. The van der Waals surface area contributed by atoms with Gasteiger partial charge in [-0.2, -0.15) is 0 Å². The van der Waals surface area contributed by atoms with Crippen molar-refractivity contribution in [3.8, 4) is 0 Å². The summed E-state index contributed by atoms with van der Waals surface area (Å²) in [6.45, 7) is 3.83. The number of rotatable bonds is 7. The molecule has 0 aliphatic rings. The van der Waals surface area contributed by atoms with Gasteiger partial charge in [0.2, 0.25) is 10.0 Å². The molecule has 0 fully saturated rings. The average Bonchev–Trinajstić information content (AvgIpc) is 3.08. The number of esters is 1. The minimum absolute atomic E-state index is 0.0656. The third kappa shape index (κ3) is 4.28. The van der Waals surface area contributed by atoms with Crippen LogP contribution in [0.15, 0.2) is 41.3 Å². The van der Waals surface area contributed by atoms with Crippen LogP contribution in [-0.4, -0.2) is 47.3 Å². The first-order chi connectivity index (χ1) is 14.6. The van der Waals surface area contributed by atoms with Crippen LogP contribution in [0.3, 0.4) is 0 Å². The second-order valence-electron chi connectivity index (χ2n) is 7.04. The molecule has 1 aromatic heterocycles. The van der Waals surface area contributed by atoms with E-state index in [2.05, 4.69) is 4.98 Å². The normalized spacial score (nSPS) is 11.8. The van der Waals surface area contributed by atoms with E-state index in [4.69, 9.17) is 4.74 Å². The highest BCUT2D eigenvalue weighted by atomic mass is 32.2. The number of hydrogen-bond donors (Lipinski definition) is 0. The van der Waals surface area contributed by atoms with Gasteiger partial charge in [0.1, 0.15) is 12.4 Å². The van der Waals surface area contributed by atoms with Gasteiger partial charge in [-0.3, -0.25) is 10.1 Å². The number of imidazole rings is 1. The standard InChI is InChI=1S/C20H22N4O6S/c1-5-23-17-9-8-15(31(28,29)22(3)4)11-16(17)21-19(23)12-30-20(25)14-7-6-13(2)18(10-14)24(26)27/h6-11H,5,12H2,1-4H3. The van der Waals surface area contributed by atoms with Crippen LogP contribution in [0.2, 0.25) is 0 Å². The van der Waals surface area contributed by atoms with Gasteiger partial charge in [-0.1, -0.05) is 6.07 Å². The molecule has 0 aliphatic heterocycles. The van der Waals surface area contributed by atoms with E-state index in [1.54, 1.807) is 13.0 Å². The first-order valence-electron chi connectivity index (χ1n) is 9.40. The SMILES string of the molecule is CCn1c(COC(=O)c2ccc(C)c([N+](=O)[O-])c2)nc2cc(S(=O)(=O)N(C)C)ccc21. The molecule has 0 aliphatic carbocycles. The second kappa shape index (κ2) is 8.44. The summed E-state index contributed by atoms with van der Waals surface area (Å²) < 4.78 is 33.0. The predicted molar refractivity (Wildman–Crippen MR) is 113 cm³/mol. The smallest absolute Gasteiger partial charge is 0.338 e. The number of hydrogen-bond acceptors (Lipinski definition) is 7. The van der Waals surface area contributed by atoms with Gasteiger partial charge in [0.25, 0.3) is 5.69 Å². The Bertz CT molecular complexity index is 1280. The Balaban J connectivity index is 1.89. The molecule has 0 amide bonds.